The minimum Gasteiger partial charge on any atom is -0.0623 e. The van der Waals surface area contributed by atoms with Gasteiger partial charge >= 0.3 is 0 Å². The first-order chi connectivity index (χ1) is 15.9. The molecule has 32 heavy (non-hydrogen) atoms. The molecule has 5 aromatic rings. The predicted octanol–water partition coefficient (Wildman–Crippen LogP) is 6.32. The fraction of sp³-hybridized carbons (Fsp3) is 0. The van der Waals surface area contributed by atoms with Crippen molar-refractivity contribution in [3.8, 4) is 0 Å². The first kappa shape index (κ1) is 23.6. The lowest BCUT2D eigenvalue weighted by atomic mass is 10.4. The van der Waals surface area contributed by atoms with Gasteiger partial charge in [0, 0.05) is 0 Å². The molecular weight excluding hydrogens is 422 g/mol. The highest BCUT2D eigenvalue weighted by atomic mass is 31.1. The van der Waals surface area contributed by atoms with Gasteiger partial charge in [-0.05, 0) is 21.2 Å². The molecule has 0 N–H and O–H groups in total. The molecule has 0 aliphatic rings. The van der Waals surface area contributed by atoms with Crippen LogP contribution in [0.4, 0.5) is 0 Å². The lowest BCUT2D eigenvalue weighted by Gasteiger charge is -2.00. The quantitative estimate of drug-likeness (QED) is 0.281. The van der Waals surface area contributed by atoms with Crippen molar-refractivity contribution in [3.63, 3.8) is 0 Å². The summed E-state index contributed by atoms with van der Waals surface area (Å²) in [6.45, 7) is 0. The third kappa shape index (κ3) is 9.84. The van der Waals surface area contributed by atoms with E-state index in [2.05, 4.69) is 121 Å². The molecule has 0 saturated carbocycles. The van der Waals surface area contributed by atoms with E-state index in [1.807, 2.05) is 36.4 Å². The summed E-state index contributed by atoms with van der Waals surface area (Å²) >= 11 is 0. The van der Waals surface area contributed by atoms with E-state index in [0.29, 0.717) is 0 Å². The van der Waals surface area contributed by atoms with Crippen molar-refractivity contribution in [2.45, 2.75) is 0 Å². The highest BCUT2D eigenvalue weighted by Crippen LogP contribution is 2.09. The van der Waals surface area contributed by atoms with Gasteiger partial charge in [-0.15, -0.1) is 0 Å². The molecule has 0 bridgehead atoms. The van der Waals surface area contributed by atoms with Gasteiger partial charge < -0.3 is 0 Å². The highest BCUT2D eigenvalue weighted by molar-refractivity contribution is 7.55. The number of hydrogen-bond acceptors (Lipinski definition) is 0. The summed E-state index contributed by atoms with van der Waals surface area (Å²) in [4.78, 5) is 0. The second kappa shape index (κ2) is 14.9. The normalized spacial score (nSPS) is 9.50. The van der Waals surface area contributed by atoms with Crippen molar-refractivity contribution < 1.29 is 0 Å². The van der Waals surface area contributed by atoms with Gasteiger partial charge in [0.05, 0.1) is 0 Å². The van der Waals surface area contributed by atoms with Crippen LogP contribution in [0, 0.1) is 0 Å². The monoisotopic (exact) mass is 450 g/mol. The molecule has 0 radical (unpaired) electrons. The first-order valence-corrected chi connectivity index (χ1v) is 12.6. The van der Waals surface area contributed by atoms with Crippen LogP contribution in [0.3, 0.4) is 0 Å². The van der Waals surface area contributed by atoms with Crippen LogP contribution in [0.2, 0.25) is 0 Å². The van der Waals surface area contributed by atoms with Gasteiger partial charge in [0.1, 0.15) is 0 Å². The van der Waals surface area contributed by atoms with E-state index in [9.17, 15) is 0 Å². The summed E-state index contributed by atoms with van der Waals surface area (Å²) in [6.07, 6.45) is 0. The smallest absolute Gasteiger partial charge is 0.0226 e. The third-order valence-electron chi connectivity index (χ3n) is 4.34. The fourth-order valence-corrected chi connectivity index (χ4v) is 4.91. The zero-order valence-electron chi connectivity index (χ0n) is 18.0. The number of hydrogen-bond donors (Lipinski definition) is 0. The van der Waals surface area contributed by atoms with Crippen molar-refractivity contribution in [3.05, 3.63) is 158 Å². The van der Waals surface area contributed by atoms with Crippen LogP contribution >= 0.6 is 17.2 Å². The maximum Gasteiger partial charge on any atom is -0.0226 e. The van der Waals surface area contributed by atoms with E-state index in [4.69, 9.17) is 0 Å². The van der Waals surface area contributed by atoms with E-state index in [-0.39, 0.29) is 0 Å². The molecule has 158 valence electrons. The maximum absolute atomic E-state index is 2.17. The van der Waals surface area contributed by atoms with E-state index >= 15 is 0 Å². The Morgan fingerprint density at radius 1 is 0.219 bits per heavy atom. The van der Waals surface area contributed by atoms with Gasteiger partial charge in [0.15, 0.2) is 0 Å². The Morgan fingerprint density at radius 3 is 0.562 bits per heavy atom. The zero-order chi connectivity index (χ0) is 22.1. The Hall–Kier alpha value is -3.04. The van der Waals surface area contributed by atoms with Crippen molar-refractivity contribution >= 4 is 38.4 Å². The van der Waals surface area contributed by atoms with Gasteiger partial charge in [-0.2, -0.15) is 0 Å². The summed E-state index contributed by atoms with van der Waals surface area (Å²) in [5, 5.41) is 5.59. The zero-order valence-corrected chi connectivity index (χ0v) is 20.0. The first-order valence-electron chi connectivity index (χ1n) is 10.6. The second-order valence-corrected chi connectivity index (χ2v) is 9.68. The topological polar surface area (TPSA) is 0 Å². The van der Waals surface area contributed by atoms with Gasteiger partial charge in [-0.1, -0.05) is 175 Å². The Morgan fingerprint density at radius 2 is 0.375 bits per heavy atom. The van der Waals surface area contributed by atoms with E-state index in [0.717, 1.165) is 17.2 Å². The van der Waals surface area contributed by atoms with E-state index in [1.54, 1.807) is 0 Å². The summed E-state index contributed by atoms with van der Waals surface area (Å²) in [5.41, 5.74) is 0. The average molecular weight is 451 g/mol. The molecule has 0 aliphatic carbocycles. The number of benzene rings is 5. The molecule has 0 amide bonds. The van der Waals surface area contributed by atoms with Gasteiger partial charge in [-0.25, -0.2) is 0 Å². The summed E-state index contributed by atoms with van der Waals surface area (Å²) in [5.74, 6) is 0. The van der Waals surface area contributed by atoms with Gasteiger partial charge in [-0.3, -0.25) is 0 Å². The molecule has 0 nitrogen and oxygen atoms in total. The minimum atomic E-state index is 0.777. The summed E-state index contributed by atoms with van der Waals surface area (Å²) < 4.78 is 0. The lowest BCUT2D eigenvalue weighted by molar-refractivity contribution is 1.72. The van der Waals surface area contributed by atoms with Crippen molar-refractivity contribution in [1.82, 2.24) is 0 Å². The molecule has 0 aromatic heterocycles. The SMILES string of the molecule is c1ccc(Pc2ccccc2)cc1.c1ccc(Pc2ccccc2)cc1.c1ccccc1. The molecule has 2 heteroatoms. The standard InChI is InChI=1S/2C12H11P.C6H6/c2*1-3-7-11(8-4-1)13-12-9-5-2-6-10-12;1-2-4-6-5-3-1/h2*1-10,13H;1-6H. The summed E-state index contributed by atoms with van der Waals surface area (Å²) in [6, 6.07) is 54.3. The lowest BCUT2D eigenvalue weighted by Crippen LogP contribution is -2.01. The van der Waals surface area contributed by atoms with Crippen LogP contribution in [-0.2, 0) is 0 Å². The molecule has 0 heterocycles. The van der Waals surface area contributed by atoms with Crippen LogP contribution in [0.15, 0.2) is 158 Å². The second-order valence-electron chi connectivity index (χ2n) is 6.87. The van der Waals surface area contributed by atoms with Crippen molar-refractivity contribution in [1.29, 1.82) is 0 Å². The van der Waals surface area contributed by atoms with E-state index in [1.165, 1.54) is 21.2 Å². The van der Waals surface area contributed by atoms with Crippen LogP contribution in [-0.4, -0.2) is 0 Å². The summed E-state index contributed by atoms with van der Waals surface area (Å²) in [7, 11) is 1.55. The Labute approximate surface area is 196 Å². The van der Waals surface area contributed by atoms with Gasteiger partial charge in [0.25, 0.3) is 0 Å². The molecule has 0 saturated heterocycles. The van der Waals surface area contributed by atoms with Crippen molar-refractivity contribution in [2.24, 2.45) is 0 Å². The number of rotatable bonds is 4. The molecule has 5 rings (SSSR count). The fourth-order valence-electron chi connectivity index (χ4n) is 2.80. The Bertz CT molecular complexity index is 903. The molecule has 5 aromatic carbocycles. The minimum absolute atomic E-state index is 0.777. The van der Waals surface area contributed by atoms with Crippen LogP contribution in [0.5, 0.6) is 0 Å². The molecule has 0 unspecified atom stereocenters. The van der Waals surface area contributed by atoms with E-state index < -0.39 is 0 Å². The highest BCUT2D eigenvalue weighted by Gasteiger charge is 1.93. The molecule has 0 aliphatic heterocycles. The van der Waals surface area contributed by atoms with Gasteiger partial charge in [0.2, 0.25) is 0 Å². The maximum atomic E-state index is 2.17. The van der Waals surface area contributed by atoms with Crippen LogP contribution < -0.4 is 21.2 Å². The Kier molecular flexibility index (Phi) is 11.0. The van der Waals surface area contributed by atoms with Crippen molar-refractivity contribution in [2.75, 3.05) is 0 Å². The predicted molar refractivity (Wildman–Crippen MR) is 147 cm³/mol. The molecule has 0 spiro atoms. The Balaban J connectivity index is 0.000000145. The third-order valence-corrected chi connectivity index (χ3v) is 6.83. The molecule has 0 fully saturated rings. The average Bonchev–Trinajstić information content (AvgIpc) is 2.88. The van der Waals surface area contributed by atoms with Crippen LogP contribution in [0.25, 0.3) is 0 Å². The molecule has 0 atom stereocenters. The molecular formula is C30H28P2. The largest absolute Gasteiger partial charge is 0.0623 e. The van der Waals surface area contributed by atoms with Crippen LogP contribution in [0.1, 0.15) is 0 Å².